The minimum atomic E-state index is 0.373. The van der Waals surface area contributed by atoms with Crippen molar-refractivity contribution in [2.45, 2.75) is 51.5 Å². The summed E-state index contributed by atoms with van der Waals surface area (Å²) in [5, 5.41) is 0. The highest BCUT2D eigenvalue weighted by atomic mass is 14.7. The Balaban J connectivity index is 1.79. The summed E-state index contributed by atoms with van der Waals surface area (Å²) in [5.41, 5.74) is 7.65. The summed E-state index contributed by atoms with van der Waals surface area (Å²) in [7, 11) is 0. The number of hydrogen-bond donors (Lipinski definition) is 1. The maximum absolute atomic E-state index is 6.34. The predicted octanol–water partition coefficient (Wildman–Crippen LogP) is 3.17. The van der Waals surface area contributed by atoms with Crippen molar-refractivity contribution in [3.8, 4) is 0 Å². The molecule has 1 aromatic rings. The number of nitrogens with two attached hydrogens (primary N) is 1. The van der Waals surface area contributed by atoms with Crippen LogP contribution in [0.5, 0.6) is 0 Å². The molecule has 94 valence electrons. The first-order valence-corrected chi connectivity index (χ1v) is 6.90. The van der Waals surface area contributed by atoms with E-state index in [-0.39, 0.29) is 0 Å². The van der Waals surface area contributed by atoms with Gasteiger partial charge >= 0.3 is 0 Å². The van der Waals surface area contributed by atoms with Gasteiger partial charge in [0.15, 0.2) is 0 Å². The van der Waals surface area contributed by atoms with Crippen LogP contribution in [0.15, 0.2) is 24.5 Å². The van der Waals surface area contributed by atoms with Gasteiger partial charge in [0.05, 0.1) is 0 Å². The summed E-state index contributed by atoms with van der Waals surface area (Å²) >= 11 is 0. The molecule has 1 aliphatic rings. The molecule has 1 aromatic heterocycles. The Bertz CT molecular complexity index is 323. The fraction of sp³-hybridized carbons (Fsp3) is 0.667. The second-order valence-corrected chi connectivity index (χ2v) is 5.60. The van der Waals surface area contributed by atoms with Gasteiger partial charge in [0.25, 0.3) is 0 Å². The highest BCUT2D eigenvalue weighted by molar-refractivity contribution is 5.08. The first-order valence-electron chi connectivity index (χ1n) is 6.90. The van der Waals surface area contributed by atoms with Gasteiger partial charge in [-0.05, 0) is 49.1 Å². The summed E-state index contributed by atoms with van der Waals surface area (Å²) < 4.78 is 0. The third-order valence-corrected chi connectivity index (χ3v) is 4.07. The van der Waals surface area contributed by atoms with Gasteiger partial charge in [-0.2, -0.15) is 0 Å². The number of aryl methyl sites for hydroxylation is 1. The molecule has 0 saturated heterocycles. The van der Waals surface area contributed by atoms with Crippen LogP contribution in [0.4, 0.5) is 0 Å². The molecule has 0 radical (unpaired) electrons. The van der Waals surface area contributed by atoms with Crippen LogP contribution in [0.3, 0.4) is 0 Å². The lowest BCUT2D eigenvalue weighted by Crippen LogP contribution is -2.33. The lowest BCUT2D eigenvalue weighted by Gasteiger charge is -2.31. The molecule has 2 heteroatoms. The summed E-state index contributed by atoms with van der Waals surface area (Å²) in [5.74, 6) is 1.62. The van der Waals surface area contributed by atoms with Crippen molar-refractivity contribution in [3.05, 3.63) is 30.1 Å². The van der Waals surface area contributed by atoms with Crippen molar-refractivity contribution < 1.29 is 0 Å². The highest BCUT2D eigenvalue weighted by Gasteiger charge is 2.23. The Morgan fingerprint density at radius 3 is 3.06 bits per heavy atom. The smallest absolute Gasteiger partial charge is 0.0299 e. The molecule has 1 heterocycles. The summed E-state index contributed by atoms with van der Waals surface area (Å²) in [4.78, 5) is 4.15. The zero-order valence-electron chi connectivity index (χ0n) is 10.8. The summed E-state index contributed by atoms with van der Waals surface area (Å²) in [6, 6.07) is 4.52. The predicted molar refractivity (Wildman–Crippen MR) is 71.7 cm³/mol. The Morgan fingerprint density at radius 1 is 1.47 bits per heavy atom. The molecule has 0 aliphatic heterocycles. The minimum Gasteiger partial charge on any atom is -0.327 e. The van der Waals surface area contributed by atoms with Crippen LogP contribution in [-0.4, -0.2) is 11.0 Å². The average molecular weight is 232 g/mol. The molecule has 2 rings (SSSR count). The van der Waals surface area contributed by atoms with Crippen LogP contribution in [0.2, 0.25) is 0 Å². The van der Waals surface area contributed by atoms with Crippen molar-refractivity contribution in [3.63, 3.8) is 0 Å². The molecule has 17 heavy (non-hydrogen) atoms. The Hall–Kier alpha value is -0.890. The molecule has 3 atom stereocenters. The molecule has 1 saturated carbocycles. The molecule has 1 aliphatic carbocycles. The fourth-order valence-corrected chi connectivity index (χ4v) is 2.98. The largest absolute Gasteiger partial charge is 0.327 e. The Morgan fingerprint density at radius 2 is 2.35 bits per heavy atom. The van der Waals surface area contributed by atoms with Crippen LogP contribution < -0.4 is 5.73 Å². The number of hydrogen-bond acceptors (Lipinski definition) is 2. The molecule has 2 nitrogen and oxygen atoms in total. The van der Waals surface area contributed by atoms with Gasteiger partial charge in [-0.15, -0.1) is 0 Å². The topological polar surface area (TPSA) is 38.9 Å². The van der Waals surface area contributed by atoms with E-state index in [1.54, 1.807) is 0 Å². The van der Waals surface area contributed by atoms with Gasteiger partial charge in [-0.3, -0.25) is 4.98 Å². The molecule has 2 N–H and O–H groups in total. The summed E-state index contributed by atoms with van der Waals surface area (Å²) in [6.07, 6.45) is 11.4. The molecule has 3 unspecified atom stereocenters. The number of aromatic nitrogens is 1. The van der Waals surface area contributed by atoms with E-state index in [1.165, 1.54) is 31.2 Å². The van der Waals surface area contributed by atoms with E-state index in [2.05, 4.69) is 18.0 Å². The van der Waals surface area contributed by atoms with E-state index in [9.17, 15) is 0 Å². The SMILES string of the molecule is CC1CCCC(C(N)CCc2cccnc2)C1. The van der Waals surface area contributed by atoms with E-state index in [4.69, 9.17) is 5.73 Å². The molecule has 0 aromatic carbocycles. The van der Waals surface area contributed by atoms with Crippen LogP contribution >= 0.6 is 0 Å². The molecule has 0 spiro atoms. The van der Waals surface area contributed by atoms with E-state index in [0.717, 1.165) is 24.7 Å². The average Bonchev–Trinajstić information content (AvgIpc) is 2.37. The van der Waals surface area contributed by atoms with Crippen LogP contribution in [-0.2, 0) is 6.42 Å². The second kappa shape index (κ2) is 6.15. The molecule has 1 fully saturated rings. The first kappa shape index (κ1) is 12.6. The van der Waals surface area contributed by atoms with E-state index in [1.807, 2.05) is 18.5 Å². The fourth-order valence-electron chi connectivity index (χ4n) is 2.98. The quantitative estimate of drug-likeness (QED) is 0.866. The Kier molecular flexibility index (Phi) is 4.55. The second-order valence-electron chi connectivity index (χ2n) is 5.60. The maximum atomic E-state index is 6.34. The third kappa shape index (κ3) is 3.81. The van der Waals surface area contributed by atoms with Gasteiger partial charge in [0.2, 0.25) is 0 Å². The lowest BCUT2D eigenvalue weighted by molar-refractivity contribution is 0.240. The van der Waals surface area contributed by atoms with E-state index >= 15 is 0 Å². The molecule has 0 amide bonds. The normalized spacial score (nSPS) is 26.7. The zero-order valence-corrected chi connectivity index (χ0v) is 10.8. The van der Waals surface area contributed by atoms with Gasteiger partial charge in [-0.1, -0.05) is 25.8 Å². The van der Waals surface area contributed by atoms with Crippen molar-refractivity contribution in [2.75, 3.05) is 0 Å². The van der Waals surface area contributed by atoms with Crippen LogP contribution in [0, 0.1) is 11.8 Å². The van der Waals surface area contributed by atoms with Crippen molar-refractivity contribution in [1.29, 1.82) is 0 Å². The maximum Gasteiger partial charge on any atom is 0.0299 e. The van der Waals surface area contributed by atoms with E-state index < -0.39 is 0 Å². The van der Waals surface area contributed by atoms with Gasteiger partial charge < -0.3 is 5.73 Å². The standard InChI is InChI=1S/C15H24N2/c1-12-4-2-6-14(10-12)15(16)8-7-13-5-3-9-17-11-13/h3,5,9,11-12,14-15H,2,4,6-8,10,16H2,1H3. The minimum absolute atomic E-state index is 0.373. The van der Waals surface area contributed by atoms with Gasteiger partial charge in [0, 0.05) is 18.4 Å². The third-order valence-electron chi connectivity index (χ3n) is 4.07. The monoisotopic (exact) mass is 232 g/mol. The zero-order chi connectivity index (χ0) is 12.1. The molecular formula is C15H24N2. The van der Waals surface area contributed by atoms with Gasteiger partial charge in [0.1, 0.15) is 0 Å². The number of nitrogens with zero attached hydrogens (tertiary/aromatic N) is 1. The van der Waals surface area contributed by atoms with Crippen molar-refractivity contribution in [1.82, 2.24) is 4.98 Å². The molecule has 0 bridgehead atoms. The number of pyridine rings is 1. The highest BCUT2D eigenvalue weighted by Crippen LogP contribution is 2.31. The van der Waals surface area contributed by atoms with Crippen LogP contribution in [0.25, 0.3) is 0 Å². The first-order chi connectivity index (χ1) is 8.25. The molecular weight excluding hydrogens is 208 g/mol. The Labute approximate surface area is 105 Å². The van der Waals surface area contributed by atoms with Crippen LogP contribution in [0.1, 0.15) is 44.6 Å². The van der Waals surface area contributed by atoms with E-state index in [0.29, 0.717) is 6.04 Å². The van der Waals surface area contributed by atoms with Crippen molar-refractivity contribution in [2.24, 2.45) is 17.6 Å². The number of rotatable bonds is 4. The van der Waals surface area contributed by atoms with Gasteiger partial charge in [-0.25, -0.2) is 0 Å². The van der Waals surface area contributed by atoms with Crippen molar-refractivity contribution >= 4 is 0 Å². The summed E-state index contributed by atoms with van der Waals surface area (Å²) in [6.45, 7) is 2.36. The lowest BCUT2D eigenvalue weighted by atomic mass is 9.77.